The van der Waals surface area contributed by atoms with Crippen LogP contribution in [0.2, 0.25) is 5.02 Å². The minimum atomic E-state index is -0.214. The van der Waals surface area contributed by atoms with E-state index in [1.807, 2.05) is 35.2 Å². The Morgan fingerprint density at radius 1 is 1.06 bits per heavy atom. The lowest BCUT2D eigenvalue weighted by molar-refractivity contribution is 0.0958. The van der Waals surface area contributed by atoms with Gasteiger partial charge in [0.2, 0.25) is 0 Å². The molecule has 32 heavy (non-hydrogen) atoms. The molecule has 0 unspecified atom stereocenters. The van der Waals surface area contributed by atoms with Crippen molar-refractivity contribution in [1.29, 1.82) is 0 Å². The van der Waals surface area contributed by atoms with E-state index in [-0.39, 0.29) is 17.8 Å². The fourth-order valence-corrected chi connectivity index (χ4v) is 4.43. The number of likely N-dealkylation sites (tertiary alicyclic amines) is 1. The van der Waals surface area contributed by atoms with Crippen molar-refractivity contribution < 1.29 is 13.9 Å². The first-order valence-electron chi connectivity index (χ1n) is 10.7. The maximum atomic E-state index is 13.6. The molecule has 1 aliphatic heterocycles. The summed E-state index contributed by atoms with van der Waals surface area (Å²) in [6.45, 7) is 2.35. The van der Waals surface area contributed by atoms with Crippen LogP contribution >= 0.6 is 11.6 Å². The van der Waals surface area contributed by atoms with E-state index < -0.39 is 0 Å². The van der Waals surface area contributed by atoms with Gasteiger partial charge in [-0.25, -0.2) is 4.39 Å². The highest BCUT2D eigenvalue weighted by Crippen LogP contribution is 2.29. The highest BCUT2D eigenvalue weighted by Gasteiger charge is 2.30. The Morgan fingerprint density at radius 3 is 2.53 bits per heavy atom. The maximum Gasteiger partial charge on any atom is 0.258 e. The Balaban J connectivity index is 1.54. The Morgan fingerprint density at radius 2 is 1.81 bits per heavy atom. The largest absolute Gasteiger partial charge is 0.497 e. The van der Waals surface area contributed by atoms with Crippen molar-refractivity contribution in [3.63, 3.8) is 0 Å². The van der Waals surface area contributed by atoms with Crippen LogP contribution in [0.1, 0.15) is 28.8 Å². The molecule has 0 saturated carbocycles. The molecule has 0 aliphatic carbocycles. The number of hydrogen-bond acceptors (Lipinski definition) is 3. The Labute approximate surface area is 193 Å². The maximum absolute atomic E-state index is 13.6. The van der Waals surface area contributed by atoms with Crippen LogP contribution in [0.25, 0.3) is 0 Å². The zero-order chi connectivity index (χ0) is 22.5. The summed E-state index contributed by atoms with van der Waals surface area (Å²) < 4.78 is 18.9. The number of halogens is 2. The summed E-state index contributed by atoms with van der Waals surface area (Å²) in [7, 11) is 1.62. The van der Waals surface area contributed by atoms with E-state index in [2.05, 4.69) is 4.90 Å². The first-order valence-corrected chi connectivity index (χ1v) is 11.1. The SMILES string of the molecule is COc1cccc(N(C(=O)c2cccc(Cl)c2)C2CCN(Cc3cccc(F)c3)CC2)c1. The predicted octanol–water partition coefficient (Wildman–Crippen LogP) is 5.80. The van der Waals surface area contributed by atoms with Gasteiger partial charge in [-0.15, -0.1) is 0 Å². The molecule has 3 aromatic rings. The van der Waals surface area contributed by atoms with Crippen LogP contribution in [0, 0.1) is 5.82 Å². The van der Waals surface area contributed by atoms with Crippen molar-refractivity contribution in [2.24, 2.45) is 0 Å². The van der Waals surface area contributed by atoms with Crippen LogP contribution in [0.5, 0.6) is 5.75 Å². The van der Waals surface area contributed by atoms with E-state index in [1.54, 1.807) is 43.5 Å². The van der Waals surface area contributed by atoms with Gasteiger partial charge in [0.15, 0.2) is 0 Å². The number of piperidine rings is 1. The quantitative estimate of drug-likeness (QED) is 0.474. The number of amides is 1. The minimum Gasteiger partial charge on any atom is -0.497 e. The number of ether oxygens (including phenoxy) is 1. The number of carbonyl (C=O) groups excluding carboxylic acids is 1. The second-order valence-corrected chi connectivity index (χ2v) is 8.46. The molecule has 1 heterocycles. The number of methoxy groups -OCH3 is 1. The summed E-state index contributed by atoms with van der Waals surface area (Å²) in [6.07, 6.45) is 1.64. The number of nitrogens with zero attached hydrogens (tertiary/aromatic N) is 2. The van der Waals surface area contributed by atoms with Crippen LogP contribution in [0.15, 0.2) is 72.8 Å². The second-order valence-electron chi connectivity index (χ2n) is 8.02. The number of anilines is 1. The Bertz CT molecular complexity index is 1080. The smallest absolute Gasteiger partial charge is 0.258 e. The van der Waals surface area contributed by atoms with E-state index in [1.165, 1.54) is 6.07 Å². The van der Waals surface area contributed by atoms with Gasteiger partial charge in [0.25, 0.3) is 5.91 Å². The Hall–Kier alpha value is -2.89. The summed E-state index contributed by atoms with van der Waals surface area (Å²) in [4.78, 5) is 17.8. The number of hydrogen-bond donors (Lipinski definition) is 0. The molecule has 1 amide bonds. The monoisotopic (exact) mass is 452 g/mol. The van der Waals surface area contributed by atoms with E-state index in [0.29, 0.717) is 22.9 Å². The summed E-state index contributed by atoms with van der Waals surface area (Å²) in [5.74, 6) is 0.410. The number of rotatable bonds is 6. The van der Waals surface area contributed by atoms with Crippen molar-refractivity contribution >= 4 is 23.2 Å². The third-order valence-corrected chi connectivity index (χ3v) is 6.07. The lowest BCUT2D eigenvalue weighted by Gasteiger charge is -2.38. The lowest BCUT2D eigenvalue weighted by atomic mass is 10.00. The van der Waals surface area contributed by atoms with Gasteiger partial charge in [-0.2, -0.15) is 0 Å². The molecule has 4 rings (SSSR count). The van der Waals surface area contributed by atoms with Gasteiger partial charge < -0.3 is 9.64 Å². The van der Waals surface area contributed by atoms with E-state index >= 15 is 0 Å². The van der Waals surface area contributed by atoms with Crippen molar-refractivity contribution in [1.82, 2.24) is 4.90 Å². The summed E-state index contributed by atoms with van der Waals surface area (Å²) in [5, 5.41) is 0.534. The second kappa shape index (κ2) is 10.2. The van der Waals surface area contributed by atoms with Gasteiger partial charge in [-0.1, -0.05) is 35.9 Å². The number of carbonyl (C=O) groups is 1. The summed E-state index contributed by atoms with van der Waals surface area (Å²) >= 11 is 6.16. The summed E-state index contributed by atoms with van der Waals surface area (Å²) in [6, 6.07) is 21.4. The molecule has 6 heteroatoms. The minimum absolute atomic E-state index is 0.0392. The van der Waals surface area contributed by atoms with Gasteiger partial charge in [0.05, 0.1) is 7.11 Å². The fraction of sp³-hybridized carbons (Fsp3) is 0.269. The summed E-state index contributed by atoms with van der Waals surface area (Å²) in [5.41, 5.74) is 2.32. The van der Waals surface area contributed by atoms with Crippen molar-refractivity contribution in [3.8, 4) is 5.75 Å². The van der Waals surface area contributed by atoms with Gasteiger partial charge in [0.1, 0.15) is 11.6 Å². The normalized spacial score (nSPS) is 14.8. The Kier molecular flexibility index (Phi) is 7.08. The molecular weight excluding hydrogens is 427 g/mol. The third-order valence-electron chi connectivity index (χ3n) is 5.84. The average molecular weight is 453 g/mol. The van der Waals surface area contributed by atoms with Gasteiger partial charge in [-0.05, 0) is 60.9 Å². The molecule has 0 radical (unpaired) electrons. The van der Waals surface area contributed by atoms with Crippen LogP contribution in [-0.2, 0) is 6.54 Å². The van der Waals surface area contributed by atoms with E-state index in [4.69, 9.17) is 16.3 Å². The zero-order valence-corrected chi connectivity index (χ0v) is 18.8. The van der Waals surface area contributed by atoms with Crippen molar-refractivity contribution in [2.75, 3.05) is 25.1 Å². The molecule has 1 fully saturated rings. The molecule has 0 bridgehead atoms. The predicted molar refractivity (Wildman–Crippen MR) is 126 cm³/mol. The molecule has 1 aliphatic rings. The molecule has 3 aromatic carbocycles. The van der Waals surface area contributed by atoms with Crippen molar-refractivity contribution in [2.45, 2.75) is 25.4 Å². The van der Waals surface area contributed by atoms with Crippen LogP contribution < -0.4 is 9.64 Å². The first-order chi connectivity index (χ1) is 15.5. The van der Waals surface area contributed by atoms with E-state index in [0.717, 1.165) is 37.2 Å². The molecule has 166 valence electrons. The molecular formula is C26H26ClFN2O2. The molecule has 4 nitrogen and oxygen atoms in total. The molecule has 1 saturated heterocycles. The first kappa shape index (κ1) is 22.3. The van der Waals surface area contributed by atoms with Crippen LogP contribution in [0.3, 0.4) is 0 Å². The van der Waals surface area contributed by atoms with Crippen LogP contribution in [0.4, 0.5) is 10.1 Å². The zero-order valence-electron chi connectivity index (χ0n) is 18.0. The standard InChI is InChI=1S/C26H26ClFN2O2/c1-32-25-10-4-9-24(17-25)30(26(31)20-6-3-7-21(27)16-20)23-11-13-29(14-12-23)18-19-5-2-8-22(28)15-19/h2-10,15-17,23H,11-14,18H2,1H3. The number of benzene rings is 3. The average Bonchev–Trinajstić information content (AvgIpc) is 2.80. The van der Waals surface area contributed by atoms with Gasteiger partial charge in [-0.3, -0.25) is 9.69 Å². The molecule has 0 spiro atoms. The van der Waals surface area contributed by atoms with E-state index in [9.17, 15) is 9.18 Å². The van der Waals surface area contributed by atoms with Gasteiger partial charge >= 0.3 is 0 Å². The highest BCUT2D eigenvalue weighted by atomic mass is 35.5. The van der Waals surface area contributed by atoms with Crippen molar-refractivity contribution in [3.05, 3.63) is 94.8 Å². The molecule has 0 aromatic heterocycles. The topological polar surface area (TPSA) is 32.8 Å². The molecule has 0 atom stereocenters. The highest BCUT2D eigenvalue weighted by molar-refractivity contribution is 6.31. The van der Waals surface area contributed by atoms with Crippen LogP contribution in [-0.4, -0.2) is 37.0 Å². The fourth-order valence-electron chi connectivity index (χ4n) is 4.24. The molecule has 0 N–H and O–H groups in total. The van der Waals surface area contributed by atoms with Gasteiger partial charge in [0, 0.05) is 48.0 Å². The third kappa shape index (κ3) is 5.29. The lowest BCUT2D eigenvalue weighted by Crippen LogP contribution is -2.47.